The molecular formula is C29H32N2O7S. The Morgan fingerprint density at radius 3 is 2.56 bits per heavy atom. The molecule has 9 nitrogen and oxygen atoms in total. The molecule has 0 bridgehead atoms. The maximum atomic E-state index is 13.8. The van der Waals surface area contributed by atoms with Crippen LogP contribution in [0.2, 0.25) is 0 Å². The zero-order valence-corrected chi connectivity index (χ0v) is 23.6. The van der Waals surface area contributed by atoms with E-state index in [-0.39, 0.29) is 29.6 Å². The molecule has 1 aliphatic heterocycles. The van der Waals surface area contributed by atoms with E-state index in [2.05, 4.69) is 4.99 Å². The van der Waals surface area contributed by atoms with Crippen LogP contribution in [0.3, 0.4) is 0 Å². The molecule has 1 aliphatic rings. The first-order valence-corrected chi connectivity index (χ1v) is 13.5. The van der Waals surface area contributed by atoms with Crippen molar-refractivity contribution in [3.63, 3.8) is 0 Å². The lowest BCUT2D eigenvalue weighted by atomic mass is 9.95. The van der Waals surface area contributed by atoms with Crippen LogP contribution in [0.25, 0.3) is 6.08 Å². The van der Waals surface area contributed by atoms with Crippen molar-refractivity contribution in [3.8, 4) is 23.0 Å². The van der Waals surface area contributed by atoms with Crippen molar-refractivity contribution >= 4 is 23.4 Å². The maximum absolute atomic E-state index is 13.8. The molecule has 39 heavy (non-hydrogen) atoms. The maximum Gasteiger partial charge on any atom is 0.338 e. The summed E-state index contributed by atoms with van der Waals surface area (Å²) in [4.78, 5) is 32.1. The van der Waals surface area contributed by atoms with E-state index in [1.54, 1.807) is 51.3 Å². The highest BCUT2D eigenvalue weighted by Gasteiger charge is 2.34. The van der Waals surface area contributed by atoms with Crippen molar-refractivity contribution < 1.29 is 28.8 Å². The predicted octanol–water partition coefficient (Wildman–Crippen LogP) is 3.70. The summed E-state index contributed by atoms with van der Waals surface area (Å²) in [6.07, 6.45) is 1.65. The number of methoxy groups -OCH3 is 1. The van der Waals surface area contributed by atoms with Gasteiger partial charge in [-0.3, -0.25) is 9.36 Å². The third-order valence-electron chi connectivity index (χ3n) is 5.96. The van der Waals surface area contributed by atoms with E-state index in [1.807, 2.05) is 26.8 Å². The number of ether oxygens (including phenoxy) is 4. The standard InChI is InChI=1S/C29H32N2O7S/c1-7-36-22-13-18(9-11-20(22)32)14-24-27(33)31-26(19-10-12-21(38-16(3)4)23(15-19)35-6)25(28(34)37-8-2)17(5)30-29(31)39-24/h9-16,26,32H,7-8H2,1-6H3/b24-14-/t26-/m1/s1. The largest absolute Gasteiger partial charge is 0.504 e. The van der Waals surface area contributed by atoms with Crippen molar-refractivity contribution in [2.45, 2.75) is 46.8 Å². The molecule has 206 valence electrons. The zero-order valence-electron chi connectivity index (χ0n) is 22.8. The highest BCUT2D eigenvalue weighted by Crippen LogP contribution is 2.36. The number of carbonyl (C=O) groups is 1. The average Bonchev–Trinajstić information content (AvgIpc) is 3.19. The Morgan fingerprint density at radius 1 is 1.13 bits per heavy atom. The van der Waals surface area contributed by atoms with Crippen LogP contribution >= 0.6 is 11.3 Å². The van der Waals surface area contributed by atoms with Crippen LogP contribution < -0.4 is 29.1 Å². The minimum Gasteiger partial charge on any atom is -0.504 e. The van der Waals surface area contributed by atoms with Crippen LogP contribution in [-0.2, 0) is 9.53 Å². The van der Waals surface area contributed by atoms with Crippen LogP contribution in [0.5, 0.6) is 23.0 Å². The van der Waals surface area contributed by atoms with E-state index in [0.29, 0.717) is 50.0 Å². The topological polar surface area (TPSA) is 109 Å². The third-order valence-corrected chi connectivity index (χ3v) is 6.95. The molecule has 0 saturated heterocycles. The van der Waals surface area contributed by atoms with E-state index in [4.69, 9.17) is 18.9 Å². The van der Waals surface area contributed by atoms with Gasteiger partial charge in [0.25, 0.3) is 5.56 Å². The lowest BCUT2D eigenvalue weighted by molar-refractivity contribution is -0.139. The number of nitrogens with zero attached hydrogens (tertiary/aromatic N) is 2. The molecule has 0 saturated carbocycles. The molecule has 0 fully saturated rings. The first-order valence-electron chi connectivity index (χ1n) is 12.7. The number of hydrogen-bond acceptors (Lipinski definition) is 9. The van der Waals surface area contributed by atoms with Gasteiger partial charge in [0.1, 0.15) is 0 Å². The van der Waals surface area contributed by atoms with Crippen LogP contribution in [0.1, 0.15) is 51.8 Å². The fourth-order valence-electron chi connectivity index (χ4n) is 4.36. The van der Waals surface area contributed by atoms with Gasteiger partial charge in [-0.1, -0.05) is 23.5 Å². The Hall–Kier alpha value is -4.05. The highest BCUT2D eigenvalue weighted by molar-refractivity contribution is 7.07. The van der Waals surface area contributed by atoms with Crippen molar-refractivity contribution in [1.82, 2.24) is 4.57 Å². The monoisotopic (exact) mass is 552 g/mol. The second kappa shape index (κ2) is 11.8. The second-order valence-corrected chi connectivity index (χ2v) is 10.0. The van der Waals surface area contributed by atoms with Gasteiger partial charge >= 0.3 is 5.97 Å². The van der Waals surface area contributed by atoms with E-state index in [9.17, 15) is 14.7 Å². The van der Waals surface area contributed by atoms with Gasteiger partial charge in [0.05, 0.1) is 48.3 Å². The summed E-state index contributed by atoms with van der Waals surface area (Å²) in [5, 5.41) is 10.1. The fourth-order valence-corrected chi connectivity index (χ4v) is 5.40. The summed E-state index contributed by atoms with van der Waals surface area (Å²) >= 11 is 1.21. The normalized spacial score (nSPS) is 15.2. The summed E-state index contributed by atoms with van der Waals surface area (Å²) in [7, 11) is 1.54. The van der Waals surface area contributed by atoms with E-state index in [1.165, 1.54) is 22.0 Å². The van der Waals surface area contributed by atoms with E-state index < -0.39 is 12.0 Å². The average molecular weight is 553 g/mol. The summed E-state index contributed by atoms with van der Waals surface area (Å²) < 4.78 is 24.2. The van der Waals surface area contributed by atoms with Gasteiger partial charge in [-0.15, -0.1) is 0 Å². The number of phenols is 1. The van der Waals surface area contributed by atoms with Crippen LogP contribution in [-0.4, -0.2) is 42.1 Å². The number of carbonyl (C=O) groups excluding carboxylic acids is 1. The summed E-state index contributed by atoms with van der Waals surface area (Å²) in [6.45, 7) is 9.69. The molecule has 1 aromatic heterocycles. The Morgan fingerprint density at radius 2 is 1.90 bits per heavy atom. The van der Waals surface area contributed by atoms with Crippen molar-refractivity contribution in [2.24, 2.45) is 4.99 Å². The van der Waals surface area contributed by atoms with Gasteiger partial charge in [0.15, 0.2) is 27.8 Å². The zero-order chi connectivity index (χ0) is 28.3. The van der Waals surface area contributed by atoms with Crippen LogP contribution in [0.4, 0.5) is 0 Å². The van der Waals surface area contributed by atoms with E-state index >= 15 is 0 Å². The molecule has 4 rings (SSSR count). The number of aromatic nitrogens is 1. The summed E-state index contributed by atoms with van der Waals surface area (Å²) in [5.74, 6) is 0.838. The van der Waals surface area contributed by atoms with Crippen molar-refractivity contribution in [1.29, 1.82) is 0 Å². The number of fused-ring (bicyclic) bond motifs is 1. The molecule has 0 aliphatic carbocycles. The molecule has 1 N–H and O–H groups in total. The molecule has 2 heterocycles. The number of rotatable bonds is 9. The van der Waals surface area contributed by atoms with E-state index in [0.717, 1.165) is 0 Å². The molecule has 10 heteroatoms. The quantitative estimate of drug-likeness (QED) is 0.403. The van der Waals surface area contributed by atoms with Gasteiger partial charge in [-0.25, -0.2) is 9.79 Å². The SMILES string of the molecule is CCOC(=O)C1=C(C)N=c2s/c(=C\c3ccc(O)c(OCC)c3)c(=O)n2[C@@H]1c1ccc(OC(C)C)c(OC)c1. The number of thiazole rings is 1. The van der Waals surface area contributed by atoms with Crippen molar-refractivity contribution in [2.75, 3.05) is 20.3 Å². The Balaban J connectivity index is 1.92. The Labute approximate surface area is 230 Å². The first-order chi connectivity index (χ1) is 18.7. The first kappa shape index (κ1) is 28.0. The fraction of sp³-hybridized carbons (Fsp3) is 0.345. The molecule has 0 unspecified atom stereocenters. The van der Waals surface area contributed by atoms with Gasteiger partial charge < -0.3 is 24.1 Å². The second-order valence-electron chi connectivity index (χ2n) is 9.04. The number of benzene rings is 2. The molecule has 1 atom stereocenters. The van der Waals surface area contributed by atoms with Crippen LogP contribution in [0, 0.1) is 0 Å². The summed E-state index contributed by atoms with van der Waals surface area (Å²) in [6, 6.07) is 9.45. The minimum absolute atomic E-state index is 0.0176. The molecule has 3 aromatic rings. The van der Waals surface area contributed by atoms with Gasteiger partial charge in [-0.2, -0.15) is 0 Å². The highest BCUT2D eigenvalue weighted by atomic mass is 32.1. The summed E-state index contributed by atoms with van der Waals surface area (Å²) in [5.41, 5.74) is 1.76. The smallest absolute Gasteiger partial charge is 0.338 e. The number of esters is 1. The lowest BCUT2D eigenvalue weighted by Gasteiger charge is -2.25. The molecule has 0 radical (unpaired) electrons. The van der Waals surface area contributed by atoms with Gasteiger partial charge in [0, 0.05) is 0 Å². The minimum atomic E-state index is -0.789. The number of hydrogen-bond donors (Lipinski definition) is 1. The molecular weight excluding hydrogens is 520 g/mol. The third kappa shape index (κ3) is 5.70. The molecule has 2 aromatic carbocycles. The predicted molar refractivity (Wildman–Crippen MR) is 148 cm³/mol. The van der Waals surface area contributed by atoms with Crippen molar-refractivity contribution in [3.05, 3.63) is 78.5 Å². The Bertz CT molecular complexity index is 1600. The molecule has 0 amide bonds. The number of allylic oxidation sites excluding steroid dienone is 1. The van der Waals surface area contributed by atoms with Gasteiger partial charge in [-0.05, 0) is 76.1 Å². The van der Waals surface area contributed by atoms with Crippen LogP contribution in [0.15, 0.2) is 57.5 Å². The Kier molecular flexibility index (Phi) is 8.44. The number of phenolic OH excluding ortho intramolecular Hbond substituents is 1. The van der Waals surface area contributed by atoms with Gasteiger partial charge in [0.2, 0.25) is 0 Å². The lowest BCUT2D eigenvalue weighted by Crippen LogP contribution is -2.40. The number of aromatic hydroxyl groups is 1. The molecule has 0 spiro atoms.